The molecule has 0 heterocycles. The van der Waals surface area contributed by atoms with E-state index in [1.807, 2.05) is 31.2 Å². The molecule has 0 fully saturated rings. The number of aryl methyl sites for hydroxylation is 1. The lowest BCUT2D eigenvalue weighted by Crippen LogP contribution is -2.41. The number of hydrogen-bond donors (Lipinski definition) is 2. The van der Waals surface area contributed by atoms with Crippen molar-refractivity contribution in [2.75, 3.05) is 31.2 Å². The van der Waals surface area contributed by atoms with Gasteiger partial charge in [0.25, 0.3) is 0 Å². The fourth-order valence-corrected chi connectivity index (χ4v) is 2.02. The third-order valence-corrected chi connectivity index (χ3v) is 3.07. The van der Waals surface area contributed by atoms with Gasteiger partial charge in [-0.25, -0.2) is 4.79 Å². The number of amides is 2. The molecule has 0 saturated heterocycles. The van der Waals surface area contributed by atoms with Crippen LogP contribution in [0.25, 0.3) is 0 Å². The summed E-state index contributed by atoms with van der Waals surface area (Å²) in [6.45, 7) is 4.66. The highest BCUT2D eigenvalue weighted by Gasteiger charge is 2.14. The third kappa shape index (κ3) is 5.73. The van der Waals surface area contributed by atoms with E-state index in [0.29, 0.717) is 31.7 Å². The molecule has 0 atom stereocenters. The van der Waals surface area contributed by atoms with Crippen LogP contribution in [0.1, 0.15) is 25.8 Å². The molecule has 6 nitrogen and oxygen atoms in total. The highest BCUT2D eigenvalue weighted by atomic mass is 16.5. The van der Waals surface area contributed by atoms with Crippen LogP contribution < -0.4 is 10.2 Å². The van der Waals surface area contributed by atoms with Crippen LogP contribution in [-0.4, -0.2) is 43.4 Å². The van der Waals surface area contributed by atoms with E-state index in [4.69, 9.17) is 9.84 Å². The Morgan fingerprint density at radius 3 is 2.45 bits per heavy atom. The van der Waals surface area contributed by atoms with Gasteiger partial charge < -0.3 is 15.2 Å². The number of ether oxygens (including phenoxy) is 1. The topological polar surface area (TPSA) is 78.9 Å². The van der Waals surface area contributed by atoms with Crippen LogP contribution in [0, 0.1) is 0 Å². The quantitative estimate of drug-likeness (QED) is 0.717. The maximum absolute atomic E-state index is 11.9. The van der Waals surface area contributed by atoms with Gasteiger partial charge in [0, 0.05) is 18.7 Å². The van der Waals surface area contributed by atoms with Gasteiger partial charge in [-0.3, -0.25) is 9.69 Å². The summed E-state index contributed by atoms with van der Waals surface area (Å²) >= 11 is 0. The molecule has 122 valence electrons. The molecule has 0 bridgehead atoms. The van der Waals surface area contributed by atoms with Crippen LogP contribution in [0.4, 0.5) is 10.5 Å². The van der Waals surface area contributed by atoms with Crippen molar-refractivity contribution >= 4 is 17.7 Å². The molecule has 0 unspecified atom stereocenters. The molecular weight excluding hydrogens is 284 g/mol. The number of nitrogens with one attached hydrogen (secondary N) is 1. The minimum Gasteiger partial charge on any atom is -0.466 e. The van der Waals surface area contributed by atoms with E-state index in [-0.39, 0.29) is 25.2 Å². The standard InChI is InChI=1S/C16H24N2O4/c1-3-17-16(21)18(11-12-19)14-8-5-13(6-9-14)7-10-15(20)22-4-2/h5-6,8-9,19H,3-4,7,10-12H2,1-2H3,(H,17,21). The predicted octanol–water partition coefficient (Wildman–Crippen LogP) is 1.71. The Kier molecular flexibility index (Phi) is 7.99. The molecule has 1 aromatic carbocycles. The molecule has 1 aromatic rings. The molecule has 0 aliphatic heterocycles. The first-order valence-electron chi connectivity index (χ1n) is 7.53. The van der Waals surface area contributed by atoms with Crippen molar-refractivity contribution in [2.24, 2.45) is 0 Å². The summed E-state index contributed by atoms with van der Waals surface area (Å²) in [6.07, 6.45) is 0.935. The molecule has 0 aliphatic rings. The molecule has 0 radical (unpaired) electrons. The van der Waals surface area contributed by atoms with Gasteiger partial charge in [-0.15, -0.1) is 0 Å². The van der Waals surface area contributed by atoms with E-state index >= 15 is 0 Å². The second-order valence-corrected chi connectivity index (χ2v) is 4.68. The number of carbonyl (C=O) groups excluding carboxylic acids is 2. The molecule has 0 saturated carbocycles. The number of benzene rings is 1. The summed E-state index contributed by atoms with van der Waals surface area (Å²) in [5.41, 5.74) is 1.71. The maximum atomic E-state index is 11.9. The van der Waals surface area contributed by atoms with Crippen LogP contribution >= 0.6 is 0 Å². The van der Waals surface area contributed by atoms with Gasteiger partial charge in [-0.05, 0) is 38.0 Å². The van der Waals surface area contributed by atoms with Crippen LogP contribution in [0.2, 0.25) is 0 Å². The molecule has 0 spiro atoms. The zero-order valence-electron chi connectivity index (χ0n) is 13.2. The zero-order chi connectivity index (χ0) is 16.4. The minimum absolute atomic E-state index is 0.109. The summed E-state index contributed by atoms with van der Waals surface area (Å²) in [7, 11) is 0. The van der Waals surface area contributed by atoms with Crippen molar-refractivity contribution in [2.45, 2.75) is 26.7 Å². The number of aliphatic hydroxyl groups excluding tert-OH is 1. The van der Waals surface area contributed by atoms with E-state index in [2.05, 4.69) is 5.32 Å². The molecule has 0 aliphatic carbocycles. The number of esters is 1. The number of urea groups is 1. The molecule has 1 rings (SSSR count). The Labute approximate surface area is 131 Å². The number of rotatable bonds is 8. The highest BCUT2D eigenvalue weighted by Crippen LogP contribution is 2.16. The number of aliphatic hydroxyl groups is 1. The molecule has 0 aromatic heterocycles. The van der Waals surface area contributed by atoms with E-state index in [1.54, 1.807) is 6.92 Å². The number of nitrogens with zero attached hydrogens (tertiary/aromatic N) is 1. The van der Waals surface area contributed by atoms with E-state index < -0.39 is 0 Å². The maximum Gasteiger partial charge on any atom is 0.321 e. The van der Waals surface area contributed by atoms with Gasteiger partial charge in [0.05, 0.1) is 19.8 Å². The van der Waals surface area contributed by atoms with Crippen molar-refractivity contribution in [3.63, 3.8) is 0 Å². The smallest absolute Gasteiger partial charge is 0.321 e. The third-order valence-electron chi connectivity index (χ3n) is 3.07. The molecular formula is C16H24N2O4. The number of anilines is 1. The summed E-state index contributed by atoms with van der Waals surface area (Å²) in [5, 5.41) is 11.8. The van der Waals surface area contributed by atoms with Gasteiger partial charge in [-0.1, -0.05) is 12.1 Å². The van der Waals surface area contributed by atoms with Crippen LogP contribution in [-0.2, 0) is 16.0 Å². The second-order valence-electron chi connectivity index (χ2n) is 4.68. The Hall–Kier alpha value is -2.08. The summed E-state index contributed by atoms with van der Waals surface area (Å²) in [6, 6.07) is 7.13. The SMILES string of the molecule is CCNC(=O)N(CCO)c1ccc(CCC(=O)OCC)cc1. The van der Waals surface area contributed by atoms with E-state index in [1.165, 1.54) is 4.90 Å². The normalized spacial score (nSPS) is 10.1. The lowest BCUT2D eigenvalue weighted by molar-refractivity contribution is -0.143. The number of carbonyl (C=O) groups is 2. The summed E-state index contributed by atoms with van der Waals surface area (Å²) < 4.78 is 4.89. The molecule has 2 N–H and O–H groups in total. The Bertz CT molecular complexity index is 474. The van der Waals surface area contributed by atoms with Crippen molar-refractivity contribution < 1.29 is 19.4 Å². The average Bonchev–Trinajstić information content (AvgIpc) is 2.52. The largest absolute Gasteiger partial charge is 0.466 e. The van der Waals surface area contributed by atoms with Gasteiger partial charge in [0.2, 0.25) is 0 Å². The average molecular weight is 308 g/mol. The predicted molar refractivity (Wildman–Crippen MR) is 84.9 cm³/mol. The van der Waals surface area contributed by atoms with Gasteiger partial charge in [-0.2, -0.15) is 0 Å². The first-order valence-corrected chi connectivity index (χ1v) is 7.53. The first kappa shape index (κ1) is 18.0. The van der Waals surface area contributed by atoms with Crippen LogP contribution in [0.15, 0.2) is 24.3 Å². The van der Waals surface area contributed by atoms with Crippen LogP contribution in [0.3, 0.4) is 0 Å². The van der Waals surface area contributed by atoms with Crippen molar-refractivity contribution in [3.05, 3.63) is 29.8 Å². The molecule has 22 heavy (non-hydrogen) atoms. The lowest BCUT2D eigenvalue weighted by atomic mass is 10.1. The Balaban J connectivity index is 2.68. The summed E-state index contributed by atoms with van der Waals surface area (Å²) in [4.78, 5) is 24.8. The Morgan fingerprint density at radius 1 is 1.23 bits per heavy atom. The Morgan fingerprint density at radius 2 is 1.91 bits per heavy atom. The van der Waals surface area contributed by atoms with Crippen molar-refractivity contribution in [3.8, 4) is 0 Å². The van der Waals surface area contributed by atoms with Crippen molar-refractivity contribution in [1.82, 2.24) is 5.32 Å². The monoisotopic (exact) mass is 308 g/mol. The summed E-state index contributed by atoms with van der Waals surface area (Å²) in [5.74, 6) is -0.212. The number of hydrogen-bond acceptors (Lipinski definition) is 4. The van der Waals surface area contributed by atoms with E-state index in [0.717, 1.165) is 5.56 Å². The van der Waals surface area contributed by atoms with Gasteiger partial charge >= 0.3 is 12.0 Å². The molecule has 2 amide bonds. The second kappa shape index (κ2) is 9.78. The van der Waals surface area contributed by atoms with Gasteiger partial charge in [0.15, 0.2) is 0 Å². The fourth-order valence-electron chi connectivity index (χ4n) is 2.02. The zero-order valence-corrected chi connectivity index (χ0v) is 13.2. The van der Waals surface area contributed by atoms with Gasteiger partial charge in [0.1, 0.15) is 0 Å². The minimum atomic E-state index is -0.240. The van der Waals surface area contributed by atoms with Crippen molar-refractivity contribution in [1.29, 1.82) is 0 Å². The van der Waals surface area contributed by atoms with Crippen LogP contribution in [0.5, 0.6) is 0 Å². The fraction of sp³-hybridized carbons (Fsp3) is 0.500. The van der Waals surface area contributed by atoms with E-state index in [9.17, 15) is 9.59 Å². The first-order chi connectivity index (χ1) is 10.6. The highest BCUT2D eigenvalue weighted by molar-refractivity contribution is 5.91. The lowest BCUT2D eigenvalue weighted by Gasteiger charge is -2.22. The molecule has 6 heteroatoms.